The molecule has 0 spiro atoms. The summed E-state index contributed by atoms with van der Waals surface area (Å²) in [6, 6.07) is 43.9. The van der Waals surface area contributed by atoms with Gasteiger partial charge in [0, 0.05) is 11.3 Å². The molecule has 2 saturated heterocycles. The molecule has 4 atom stereocenters. The maximum atomic E-state index is 6.66. The lowest BCUT2D eigenvalue weighted by molar-refractivity contribution is 0.0742. The molecular weight excluding hydrogens is 454 g/mol. The summed E-state index contributed by atoms with van der Waals surface area (Å²) in [6.45, 7) is 1.52. The smallest absolute Gasteiger partial charge is 0.0939 e. The SMILES string of the molecule is c1ccc(P(c2ccccc2)[C@H]2CO[C@H]3[C@@H]2OC[C@@H]3P(c2ccccc2)c2ccccc2)cc1. The molecule has 0 aromatic heterocycles. The molecule has 0 amide bonds. The van der Waals surface area contributed by atoms with Crippen molar-refractivity contribution in [3.05, 3.63) is 121 Å². The zero-order chi connectivity index (χ0) is 22.7. The molecule has 0 radical (unpaired) electrons. The van der Waals surface area contributed by atoms with Crippen molar-refractivity contribution in [3.8, 4) is 0 Å². The van der Waals surface area contributed by atoms with Crippen LogP contribution in [0.4, 0.5) is 0 Å². The Morgan fingerprint density at radius 2 is 0.676 bits per heavy atom. The van der Waals surface area contributed by atoms with Gasteiger partial charge in [0.25, 0.3) is 0 Å². The highest BCUT2D eigenvalue weighted by Crippen LogP contribution is 2.53. The van der Waals surface area contributed by atoms with Gasteiger partial charge >= 0.3 is 0 Å². The molecule has 4 aromatic carbocycles. The Labute approximate surface area is 204 Å². The average molecular weight is 483 g/mol. The first-order valence-electron chi connectivity index (χ1n) is 11.9. The topological polar surface area (TPSA) is 18.5 Å². The van der Waals surface area contributed by atoms with Crippen LogP contribution in [0.25, 0.3) is 0 Å². The monoisotopic (exact) mass is 482 g/mol. The van der Waals surface area contributed by atoms with Gasteiger partial charge in [-0.05, 0) is 37.1 Å². The fourth-order valence-corrected chi connectivity index (χ4v) is 11.0. The molecule has 0 unspecified atom stereocenters. The van der Waals surface area contributed by atoms with Gasteiger partial charge in [-0.3, -0.25) is 0 Å². The third-order valence-electron chi connectivity index (χ3n) is 6.80. The van der Waals surface area contributed by atoms with E-state index in [1.807, 2.05) is 0 Å². The maximum absolute atomic E-state index is 6.66. The molecule has 2 nitrogen and oxygen atoms in total. The highest BCUT2D eigenvalue weighted by atomic mass is 31.1. The summed E-state index contributed by atoms with van der Waals surface area (Å²) < 4.78 is 13.3. The Kier molecular flexibility index (Phi) is 6.58. The van der Waals surface area contributed by atoms with Crippen LogP contribution >= 0.6 is 15.8 Å². The van der Waals surface area contributed by atoms with Crippen LogP contribution in [-0.2, 0) is 9.47 Å². The summed E-state index contributed by atoms with van der Waals surface area (Å²) in [4.78, 5) is 0. The Morgan fingerprint density at radius 3 is 0.941 bits per heavy atom. The van der Waals surface area contributed by atoms with E-state index < -0.39 is 15.8 Å². The van der Waals surface area contributed by atoms with E-state index in [0.29, 0.717) is 11.3 Å². The number of ether oxygens (including phenoxy) is 2. The summed E-state index contributed by atoms with van der Waals surface area (Å²) in [5.41, 5.74) is 0.719. The first-order chi connectivity index (χ1) is 16.9. The molecule has 170 valence electrons. The second kappa shape index (κ2) is 10.1. The van der Waals surface area contributed by atoms with Gasteiger partial charge in [-0.2, -0.15) is 0 Å². The minimum absolute atomic E-state index is 0.133. The highest BCUT2D eigenvalue weighted by Gasteiger charge is 2.52. The predicted molar refractivity (Wildman–Crippen MR) is 145 cm³/mol. The zero-order valence-corrected chi connectivity index (χ0v) is 20.8. The zero-order valence-electron chi connectivity index (χ0n) is 19.0. The number of rotatable bonds is 6. The van der Waals surface area contributed by atoms with E-state index in [2.05, 4.69) is 121 Å². The average Bonchev–Trinajstić information content (AvgIpc) is 3.51. The Morgan fingerprint density at radius 1 is 0.412 bits per heavy atom. The lowest BCUT2D eigenvalue weighted by atomic mass is 10.2. The maximum Gasteiger partial charge on any atom is 0.0939 e. The van der Waals surface area contributed by atoms with Crippen LogP contribution in [0.5, 0.6) is 0 Å². The molecule has 0 N–H and O–H groups in total. The van der Waals surface area contributed by atoms with E-state index in [1.165, 1.54) is 21.2 Å². The van der Waals surface area contributed by atoms with E-state index in [1.54, 1.807) is 0 Å². The minimum Gasteiger partial charge on any atom is -0.374 e. The number of hydrogen-bond donors (Lipinski definition) is 0. The molecule has 34 heavy (non-hydrogen) atoms. The van der Waals surface area contributed by atoms with Gasteiger partial charge < -0.3 is 9.47 Å². The summed E-state index contributed by atoms with van der Waals surface area (Å²) in [7, 11) is -1.15. The van der Waals surface area contributed by atoms with Gasteiger partial charge in [-0.1, -0.05) is 121 Å². The molecule has 2 aliphatic heterocycles. The van der Waals surface area contributed by atoms with E-state index in [4.69, 9.17) is 9.47 Å². The van der Waals surface area contributed by atoms with Gasteiger partial charge in [-0.25, -0.2) is 0 Å². The van der Waals surface area contributed by atoms with E-state index in [-0.39, 0.29) is 12.2 Å². The van der Waals surface area contributed by atoms with Gasteiger partial charge in [0.1, 0.15) is 0 Å². The first-order valence-corrected chi connectivity index (χ1v) is 14.7. The molecular formula is C30H28O2P2. The van der Waals surface area contributed by atoms with Crippen molar-refractivity contribution in [1.29, 1.82) is 0 Å². The van der Waals surface area contributed by atoms with Crippen molar-refractivity contribution in [3.63, 3.8) is 0 Å². The Balaban J connectivity index is 1.35. The van der Waals surface area contributed by atoms with E-state index in [9.17, 15) is 0 Å². The number of hydrogen-bond acceptors (Lipinski definition) is 2. The van der Waals surface area contributed by atoms with Gasteiger partial charge in [0.05, 0.1) is 25.4 Å². The molecule has 0 aliphatic carbocycles. The molecule has 4 heteroatoms. The summed E-state index contributed by atoms with van der Waals surface area (Å²) >= 11 is 0. The largest absolute Gasteiger partial charge is 0.374 e. The molecule has 2 aliphatic rings. The number of benzene rings is 4. The van der Waals surface area contributed by atoms with E-state index >= 15 is 0 Å². The molecule has 0 saturated carbocycles. The fraction of sp³-hybridized carbons (Fsp3) is 0.200. The number of fused-ring (bicyclic) bond motifs is 1. The molecule has 2 fully saturated rings. The quantitative estimate of drug-likeness (QED) is 0.368. The normalized spacial score (nSPS) is 23.9. The second-order valence-electron chi connectivity index (χ2n) is 8.81. The van der Waals surface area contributed by atoms with Crippen molar-refractivity contribution in [2.24, 2.45) is 0 Å². The first kappa shape index (κ1) is 22.1. The van der Waals surface area contributed by atoms with Gasteiger partial charge in [0.2, 0.25) is 0 Å². The third kappa shape index (κ3) is 4.26. The van der Waals surface area contributed by atoms with Crippen LogP contribution in [0.15, 0.2) is 121 Å². The van der Waals surface area contributed by atoms with Crippen LogP contribution in [0.2, 0.25) is 0 Å². The van der Waals surface area contributed by atoms with Crippen molar-refractivity contribution in [2.45, 2.75) is 23.5 Å². The van der Waals surface area contributed by atoms with Gasteiger partial charge in [-0.15, -0.1) is 0 Å². The van der Waals surface area contributed by atoms with Crippen LogP contribution in [0.3, 0.4) is 0 Å². The summed E-state index contributed by atoms with van der Waals surface area (Å²) in [5, 5.41) is 5.61. The molecule has 2 heterocycles. The van der Waals surface area contributed by atoms with Crippen LogP contribution < -0.4 is 21.2 Å². The third-order valence-corrected chi connectivity index (χ3v) is 12.4. The van der Waals surface area contributed by atoms with Crippen molar-refractivity contribution >= 4 is 37.1 Å². The Hall–Kier alpha value is -2.34. The van der Waals surface area contributed by atoms with Crippen LogP contribution in [-0.4, -0.2) is 36.7 Å². The van der Waals surface area contributed by atoms with Crippen LogP contribution in [0.1, 0.15) is 0 Å². The van der Waals surface area contributed by atoms with Crippen molar-refractivity contribution in [1.82, 2.24) is 0 Å². The van der Waals surface area contributed by atoms with Gasteiger partial charge in [0.15, 0.2) is 0 Å². The van der Waals surface area contributed by atoms with E-state index in [0.717, 1.165) is 13.2 Å². The predicted octanol–water partition coefficient (Wildman–Crippen LogP) is 4.79. The standard InChI is InChI=1S/C30H28O2P2/c1-5-13-23(14-6-1)33(24-15-7-2-8-16-24)27-21-31-30-28(22-32-29(27)30)34(25-17-9-3-10-18-25)26-19-11-4-12-20-26/h1-20,27-30H,21-22H2/t27-,28-,29+,30+/m0/s1. The molecule has 0 bridgehead atoms. The molecule has 6 rings (SSSR count). The second-order valence-corrected chi connectivity index (χ2v) is 13.7. The minimum atomic E-state index is -0.573. The highest BCUT2D eigenvalue weighted by molar-refractivity contribution is 7.74. The summed E-state index contributed by atoms with van der Waals surface area (Å²) in [5.74, 6) is 0. The lowest BCUT2D eigenvalue weighted by Crippen LogP contribution is -2.35. The fourth-order valence-electron chi connectivity index (χ4n) is 5.32. The molecule has 4 aromatic rings. The van der Waals surface area contributed by atoms with Crippen molar-refractivity contribution < 1.29 is 9.47 Å². The Bertz CT molecular complexity index is 1010. The van der Waals surface area contributed by atoms with Crippen LogP contribution in [0, 0.1) is 0 Å². The van der Waals surface area contributed by atoms with Crippen molar-refractivity contribution in [2.75, 3.05) is 13.2 Å². The lowest BCUT2D eigenvalue weighted by Gasteiger charge is -2.28. The summed E-state index contributed by atoms with van der Waals surface area (Å²) in [6.07, 6.45) is 0.267.